The monoisotopic (exact) mass is 326 g/mol. The van der Waals surface area contributed by atoms with Crippen LogP contribution in [0.1, 0.15) is 18.4 Å². The summed E-state index contributed by atoms with van der Waals surface area (Å²) in [6.07, 6.45) is -2.47. The molecule has 1 aromatic rings. The number of nitrogens with zero attached hydrogens (tertiary/aromatic N) is 1. The van der Waals surface area contributed by atoms with E-state index >= 15 is 0 Å². The second-order valence-corrected chi connectivity index (χ2v) is 6.14. The summed E-state index contributed by atoms with van der Waals surface area (Å²) in [5.41, 5.74) is -1.68. The van der Waals surface area contributed by atoms with E-state index in [-0.39, 0.29) is 5.02 Å². The van der Waals surface area contributed by atoms with E-state index in [1.54, 1.807) is 0 Å². The predicted octanol–water partition coefficient (Wildman–Crippen LogP) is 2.96. The van der Waals surface area contributed by atoms with E-state index in [4.69, 9.17) is 11.6 Å². The van der Waals surface area contributed by atoms with Crippen molar-refractivity contribution < 1.29 is 18.3 Å². The van der Waals surface area contributed by atoms with Gasteiger partial charge < -0.3 is 10.4 Å². The summed E-state index contributed by atoms with van der Waals surface area (Å²) in [4.78, 5) is 3.74. The van der Waals surface area contributed by atoms with Crippen molar-refractivity contribution >= 4 is 23.4 Å². The van der Waals surface area contributed by atoms with Crippen LogP contribution in [0.2, 0.25) is 5.02 Å². The summed E-state index contributed by atoms with van der Waals surface area (Å²) >= 11 is 7.00. The predicted molar refractivity (Wildman–Crippen MR) is 72.0 cm³/mol. The molecule has 3 nitrogen and oxygen atoms in total. The molecule has 112 valence electrons. The first-order valence-corrected chi connectivity index (χ1v) is 7.45. The first-order valence-electron chi connectivity index (χ1n) is 6.09. The Balaban J connectivity index is 2.03. The number of aromatic nitrogens is 1. The van der Waals surface area contributed by atoms with Crippen molar-refractivity contribution in [1.29, 1.82) is 0 Å². The van der Waals surface area contributed by atoms with Crippen molar-refractivity contribution in [2.24, 2.45) is 0 Å². The summed E-state index contributed by atoms with van der Waals surface area (Å²) in [7, 11) is 0. The molecule has 0 aliphatic carbocycles. The minimum Gasteiger partial charge on any atom is -0.389 e. The number of piperidine rings is 1. The maximum Gasteiger partial charge on any atom is 0.417 e. The highest BCUT2D eigenvalue weighted by Gasteiger charge is 2.32. The van der Waals surface area contributed by atoms with E-state index in [9.17, 15) is 18.3 Å². The third kappa shape index (κ3) is 4.00. The summed E-state index contributed by atoms with van der Waals surface area (Å²) in [6.45, 7) is 1.45. The van der Waals surface area contributed by atoms with Gasteiger partial charge >= 0.3 is 6.18 Å². The molecule has 0 radical (unpaired) electrons. The zero-order chi connectivity index (χ0) is 14.8. The molecule has 0 atom stereocenters. The molecule has 1 aliphatic rings. The number of rotatable bonds is 3. The van der Waals surface area contributed by atoms with Gasteiger partial charge in [0.1, 0.15) is 5.03 Å². The smallest absolute Gasteiger partial charge is 0.389 e. The second-order valence-electron chi connectivity index (χ2n) is 4.77. The van der Waals surface area contributed by atoms with Crippen molar-refractivity contribution in [3.63, 3.8) is 0 Å². The lowest BCUT2D eigenvalue weighted by Crippen LogP contribution is -2.43. The van der Waals surface area contributed by atoms with Gasteiger partial charge in [-0.2, -0.15) is 13.2 Å². The quantitative estimate of drug-likeness (QED) is 0.838. The fourth-order valence-corrected chi connectivity index (χ4v) is 3.27. The number of halogens is 4. The molecule has 1 fully saturated rings. The van der Waals surface area contributed by atoms with Crippen LogP contribution in [0.5, 0.6) is 0 Å². The van der Waals surface area contributed by atoms with Gasteiger partial charge in [-0.1, -0.05) is 11.6 Å². The van der Waals surface area contributed by atoms with Crippen LogP contribution >= 0.6 is 23.4 Å². The summed E-state index contributed by atoms with van der Waals surface area (Å²) in [6, 6.07) is 0.864. The molecule has 1 aromatic heterocycles. The average Bonchev–Trinajstić information content (AvgIpc) is 2.37. The van der Waals surface area contributed by atoms with Gasteiger partial charge in [0, 0.05) is 11.9 Å². The maximum atomic E-state index is 12.5. The van der Waals surface area contributed by atoms with Gasteiger partial charge in [0.25, 0.3) is 0 Å². The van der Waals surface area contributed by atoms with Gasteiger partial charge in [-0.3, -0.25) is 0 Å². The minimum absolute atomic E-state index is 0.0395. The van der Waals surface area contributed by atoms with Crippen molar-refractivity contribution in [1.82, 2.24) is 10.3 Å². The molecule has 1 aliphatic heterocycles. The van der Waals surface area contributed by atoms with E-state index in [1.165, 1.54) is 11.8 Å². The Bertz CT molecular complexity index is 478. The SMILES string of the molecule is OC1(CSc2ncc(C(F)(F)F)cc2Cl)CCNCC1. The standard InChI is InChI=1S/C12H14ClF3N2OS/c13-9-5-8(12(14,15)16)6-18-10(9)20-7-11(19)1-3-17-4-2-11/h5-6,17,19H,1-4,7H2. The number of thioether (sulfide) groups is 1. The van der Waals surface area contributed by atoms with Gasteiger partial charge in [0.2, 0.25) is 0 Å². The summed E-state index contributed by atoms with van der Waals surface area (Å²) in [5, 5.41) is 13.7. The molecule has 0 saturated carbocycles. The van der Waals surface area contributed by atoms with Gasteiger partial charge in [-0.05, 0) is 32.0 Å². The van der Waals surface area contributed by atoms with E-state index in [1.807, 2.05) is 0 Å². The largest absolute Gasteiger partial charge is 0.417 e. The fourth-order valence-electron chi connectivity index (χ4n) is 1.93. The number of nitrogens with one attached hydrogen (secondary N) is 1. The second kappa shape index (κ2) is 6.09. The Labute approximate surface area is 123 Å². The highest BCUT2D eigenvalue weighted by Crippen LogP contribution is 2.35. The number of hydrogen-bond acceptors (Lipinski definition) is 4. The molecule has 8 heteroatoms. The zero-order valence-corrected chi connectivity index (χ0v) is 12.1. The molecule has 0 aromatic carbocycles. The molecule has 0 bridgehead atoms. The topological polar surface area (TPSA) is 45.2 Å². The zero-order valence-electron chi connectivity index (χ0n) is 10.5. The highest BCUT2D eigenvalue weighted by atomic mass is 35.5. The third-order valence-corrected chi connectivity index (χ3v) is 4.83. The van der Waals surface area contributed by atoms with Crippen LogP contribution in [-0.2, 0) is 6.18 Å². The molecular weight excluding hydrogens is 313 g/mol. The molecule has 0 amide bonds. The molecule has 2 rings (SSSR count). The lowest BCUT2D eigenvalue weighted by Gasteiger charge is -2.32. The van der Waals surface area contributed by atoms with Crippen LogP contribution in [0.3, 0.4) is 0 Å². The molecule has 20 heavy (non-hydrogen) atoms. The Morgan fingerprint density at radius 2 is 2.05 bits per heavy atom. The Morgan fingerprint density at radius 3 is 2.60 bits per heavy atom. The van der Waals surface area contributed by atoms with Crippen LogP contribution in [0.25, 0.3) is 0 Å². The number of alkyl halides is 3. The summed E-state index contributed by atoms with van der Waals surface area (Å²) in [5.74, 6) is 0.368. The van der Waals surface area contributed by atoms with E-state index < -0.39 is 17.3 Å². The molecule has 0 unspecified atom stereocenters. The van der Waals surface area contributed by atoms with Crippen LogP contribution in [0, 0.1) is 0 Å². The lowest BCUT2D eigenvalue weighted by atomic mass is 9.95. The minimum atomic E-state index is -4.45. The van der Waals surface area contributed by atoms with Gasteiger partial charge in [-0.25, -0.2) is 4.98 Å². The van der Waals surface area contributed by atoms with Crippen LogP contribution in [0.15, 0.2) is 17.3 Å². The van der Waals surface area contributed by atoms with E-state index in [2.05, 4.69) is 10.3 Å². The van der Waals surface area contributed by atoms with Crippen molar-refractivity contribution in [2.75, 3.05) is 18.8 Å². The van der Waals surface area contributed by atoms with E-state index in [0.29, 0.717) is 23.6 Å². The van der Waals surface area contributed by atoms with Gasteiger partial charge in [-0.15, -0.1) is 11.8 Å². The maximum absolute atomic E-state index is 12.5. The van der Waals surface area contributed by atoms with Crippen molar-refractivity contribution in [2.45, 2.75) is 29.6 Å². The third-order valence-electron chi connectivity index (χ3n) is 3.15. The molecular formula is C12H14ClF3N2OS. The Hall–Kier alpha value is -0.500. The average molecular weight is 327 g/mol. The van der Waals surface area contributed by atoms with Crippen molar-refractivity contribution in [3.05, 3.63) is 22.8 Å². The summed E-state index contributed by atoms with van der Waals surface area (Å²) < 4.78 is 37.5. The van der Waals surface area contributed by atoms with Crippen molar-refractivity contribution in [3.8, 4) is 0 Å². The van der Waals surface area contributed by atoms with Gasteiger partial charge in [0.15, 0.2) is 0 Å². The van der Waals surface area contributed by atoms with Crippen LogP contribution < -0.4 is 5.32 Å². The Kier molecular flexibility index (Phi) is 4.84. The van der Waals surface area contributed by atoms with Crippen LogP contribution in [-0.4, -0.2) is 34.5 Å². The molecule has 2 N–H and O–H groups in total. The lowest BCUT2D eigenvalue weighted by molar-refractivity contribution is -0.137. The van der Waals surface area contributed by atoms with Crippen LogP contribution in [0.4, 0.5) is 13.2 Å². The Morgan fingerprint density at radius 1 is 1.40 bits per heavy atom. The highest BCUT2D eigenvalue weighted by molar-refractivity contribution is 7.99. The normalized spacial score (nSPS) is 19.1. The first-order chi connectivity index (χ1) is 9.30. The number of aliphatic hydroxyl groups is 1. The van der Waals surface area contributed by atoms with E-state index in [0.717, 1.165) is 25.4 Å². The first kappa shape index (κ1) is 15.9. The molecule has 2 heterocycles. The number of hydrogen-bond donors (Lipinski definition) is 2. The molecule has 1 saturated heterocycles. The number of pyridine rings is 1. The fraction of sp³-hybridized carbons (Fsp3) is 0.583. The van der Waals surface area contributed by atoms with Gasteiger partial charge in [0.05, 0.1) is 16.2 Å². The molecule has 0 spiro atoms.